The molecule has 1 rings (SSSR count). The summed E-state index contributed by atoms with van der Waals surface area (Å²) in [4.78, 5) is 60.7. The van der Waals surface area contributed by atoms with Gasteiger partial charge in [-0.05, 0) is 24.8 Å². The SMILES string of the molecule is CCC(C)C(NC(=O)C(Cc1ccccc1)NC(=O)C(CCC(=O)O)NC(=O)C(C)N)C(=O)O. The molecule has 0 bridgehead atoms. The van der Waals surface area contributed by atoms with Crippen LogP contribution in [0.1, 0.15) is 45.6 Å². The summed E-state index contributed by atoms with van der Waals surface area (Å²) >= 11 is 0. The number of nitrogens with one attached hydrogen (secondary N) is 3. The zero-order chi connectivity index (χ0) is 25.8. The molecule has 188 valence electrons. The number of carboxylic acids is 2. The minimum absolute atomic E-state index is 0.0537. The molecule has 0 saturated heterocycles. The molecule has 11 heteroatoms. The number of rotatable bonds is 14. The average Bonchev–Trinajstić information content (AvgIpc) is 2.78. The molecule has 0 aliphatic heterocycles. The number of carbonyl (C=O) groups is 5. The van der Waals surface area contributed by atoms with E-state index in [1.807, 2.05) is 0 Å². The summed E-state index contributed by atoms with van der Waals surface area (Å²) in [5.74, 6) is -4.86. The number of hydrogen-bond donors (Lipinski definition) is 6. The van der Waals surface area contributed by atoms with Crippen molar-refractivity contribution in [1.29, 1.82) is 0 Å². The van der Waals surface area contributed by atoms with E-state index >= 15 is 0 Å². The molecule has 11 nitrogen and oxygen atoms in total. The van der Waals surface area contributed by atoms with E-state index in [2.05, 4.69) is 16.0 Å². The number of carboxylic acid groups (broad SMARTS) is 2. The second-order valence-corrected chi connectivity index (χ2v) is 8.24. The van der Waals surface area contributed by atoms with Crippen LogP contribution in [0.25, 0.3) is 0 Å². The fraction of sp³-hybridized carbons (Fsp3) is 0.522. The van der Waals surface area contributed by atoms with Crippen LogP contribution in [0.2, 0.25) is 0 Å². The molecule has 7 N–H and O–H groups in total. The Balaban J connectivity index is 3.14. The maximum atomic E-state index is 13.0. The molecule has 0 aliphatic rings. The molecular formula is C23H34N4O7. The standard InChI is InChI=1S/C23H34N4O7/c1-4-13(2)19(23(33)34)27-22(32)17(12-15-8-6-5-7-9-15)26-21(31)16(10-11-18(28)29)25-20(30)14(3)24/h5-9,13-14,16-17,19H,4,10-12,24H2,1-3H3,(H,25,30)(H,26,31)(H,27,32)(H,28,29)(H,33,34). The van der Waals surface area contributed by atoms with Crippen molar-refractivity contribution in [1.82, 2.24) is 16.0 Å². The van der Waals surface area contributed by atoms with Gasteiger partial charge in [0.05, 0.1) is 6.04 Å². The summed E-state index contributed by atoms with van der Waals surface area (Å²) in [5.41, 5.74) is 6.25. The van der Waals surface area contributed by atoms with E-state index in [1.54, 1.807) is 44.2 Å². The lowest BCUT2D eigenvalue weighted by atomic mass is 9.98. The van der Waals surface area contributed by atoms with Gasteiger partial charge in [0.25, 0.3) is 0 Å². The highest BCUT2D eigenvalue weighted by Crippen LogP contribution is 2.10. The summed E-state index contributed by atoms with van der Waals surface area (Å²) in [6.07, 6.45) is -0.0580. The first-order chi connectivity index (χ1) is 16.0. The molecule has 5 unspecified atom stereocenters. The maximum Gasteiger partial charge on any atom is 0.326 e. The minimum atomic E-state index is -1.24. The van der Waals surface area contributed by atoms with E-state index in [0.29, 0.717) is 12.0 Å². The Morgan fingerprint density at radius 2 is 1.44 bits per heavy atom. The summed E-state index contributed by atoms with van der Waals surface area (Å²) in [6.45, 7) is 4.90. The van der Waals surface area contributed by atoms with E-state index in [-0.39, 0.29) is 18.8 Å². The van der Waals surface area contributed by atoms with Gasteiger partial charge in [0.1, 0.15) is 18.1 Å². The van der Waals surface area contributed by atoms with Crippen LogP contribution in [0.15, 0.2) is 30.3 Å². The first kappa shape index (κ1) is 28.6. The smallest absolute Gasteiger partial charge is 0.326 e. The van der Waals surface area contributed by atoms with Gasteiger partial charge in [0, 0.05) is 12.8 Å². The zero-order valence-corrected chi connectivity index (χ0v) is 19.6. The van der Waals surface area contributed by atoms with Crippen LogP contribution in [0.3, 0.4) is 0 Å². The maximum absolute atomic E-state index is 13.0. The monoisotopic (exact) mass is 478 g/mol. The Bertz CT molecular complexity index is 860. The summed E-state index contributed by atoms with van der Waals surface area (Å²) in [5, 5.41) is 25.9. The van der Waals surface area contributed by atoms with E-state index in [1.165, 1.54) is 6.92 Å². The van der Waals surface area contributed by atoms with Crippen molar-refractivity contribution in [3.8, 4) is 0 Å². The van der Waals surface area contributed by atoms with Crippen LogP contribution in [-0.2, 0) is 30.4 Å². The van der Waals surface area contributed by atoms with Crippen molar-refractivity contribution < 1.29 is 34.2 Å². The third-order valence-corrected chi connectivity index (χ3v) is 5.39. The summed E-state index contributed by atoms with van der Waals surface area (Å²) in [6, 6.07) is 4.28. The lowest BCUT2D eigenvalue weighted by Crippen LogP contribution is -2.58. The fourth-order valence-electron chi connectivity index (χ4n) is 3.11. The molecule has 0 aromatic heterocycles. The predicted molar refractivity (Wildman–Crippen MR) is 124 cm³/mol. The highest BCUT2D eigenvalue weighted by Gasteiger charge is 2.32. The largest absolute Gasteiger partial charge is 0.481 e. The van der Waals surface area contributed by atoms with Crippen LogP contribution >= 0.6 is 0 Å². The second kappa shape index (κ2) is 13.9. The molecule has 1 aromatic rings. The highest BCUT2D eigenvalue weighted by atomic mass is 16.4. The Kier molecular flexibility index (Phi) is 11.7. The number of aliphatic carboxylic acids is 2. The number of benzene rings is 1. The molecule has 1 aromatic carbocycles. The average molecular weight is 479 g/mol. The molecule has 0 aliphatic carbocycles. The quantitative estimate of drug-likeness (QED) is 0.216. The van der Waals surface area contributed by atoms with E-state index < -0.39 is 60.2 Å². The van der Waals surface area contributed by atoms with Crippen LogP contribution < -0.4 is 21.7 Å². The van der Waals surface area contributed by atoms with E-state index in [4.69, 9.17) is 10.8 Å². The molecule has 34 heavy (non-hydrogen) atoms. The van der Waals surface area contributed by atoms with Crippen molar-refractivity contribution >= 4 is 29.7 Å². The predicted octanol–water partition coefficient (Wildman–Crippen LogP) is 0.0262. The summed E-state index contributed by atoms with van der Waals surface area (Å²) in [7, 11) is 0. The Labute approximate surface area is 198 Å². The molecule has 5 atom stereocenters. The fourth-order valence-corrected chi connectivity index (χ4v) is 3.11. The normalized spacial score (nSPS) is 15.2. The van der Waals surface area contributed by atoms with Crippen LogP contribution in [0, 0.1) is 5.92 Å². The summed E-state index contributed by atoms with van der Waals surface area (Å²) < 4.78 is 0. The van der Waals surface area contributed by atoms with Gasteiger partial charge in [-0.15, -0.1) is 0 Å². The molecule has 0 heterocycles. The minimum Gasteiger partial charge on any atom is -0.481 e. The zero-order valence-electron chi connectivity index (χ0n) is 19.6. The molecule has 0 saturated carbocycles. The Hall–Kier alpha value is -3.47. The molecule has 0 fully saturated rings. The molecule has 0 radical (unpaired) electrons. The third-order valence-electron chi connectivity index (χ3n) is 5.39. The van der Waals surface area contributed by atoms with Gasteiger partial charge < -0.3 is 31.9 Å². The number of amides is 3. The van der Waals surface area contributed by atoms with Crippen LogP contribution in [0.5, 0.6) is 0 Å². The third kappa shape index (κ3) is 9.57. The van der Waals surface area contributed by atoms with Crippen molar-refractivity contribution in [2.24, 2.45) is 11.7 Å². The number of hydrogen-bond acceptors (Lipinski definition) is 6. The molecule has 0 spiro atoms. The Morgan fingerprint density at radius 1 is 0.882 bits per heavy atom. The van der Waals surface area contributed by atoms with Gasteiger partial charge in [-0.2, -0.15) is 0 Å². The van der Waals surface area contributed by atoms with Crippen molar-refractivity contribution in [2.75, 3.05) is 0 Å². The molecular weight excluding hydrogens is 444 g/mol. The van der Waals surface area contributed by atoms with Crippen molar-refractivity contribution in [2.45, 2.75) is 70.6 Å². The van der Waals surface area contributed by atoms with Gasteiger partial charge in [0.2, 0.25) is 17.7 Å². The first-order valence-electron chi connectivity index (χ1n) is 11.1. The molecule has 3 amide bonds. The second-order valence-electron chi connectivity index (χ2n) is 8.24. The first-order valence-corrected chi connectivity index (χ1v) is 11.1. The van der Waals surface area contributed by atoms with Gasteiger partial charge in [-0.3, -0.25) is 19.2 Å². The lowest BCUT2D eigenvalue weighted by molar-refractivity contribution is -0.143. The topological polar surface area (TPSA) is 188 Å². The van der Waals surface area contributed by atoms with Gasteiger partial charge in [-0.25, -0.2) is 4.79 Å². The van der Waals surface area contributed by atoms with Crippen molar-refractivity contribution in [3.63, 3.8) is 0 Å². The van der Waals surface area contributed by atoms with Crippen LogP contribution in [0.4, 0.5) is 0 Å². The van der Waals surface area contributed by atoms with Gasteiger partial charge in [-0.1, -0.05) is 50.6 Å². The van der Waals surface area contributed by atoms with Gasteiger partial charge >= 0.3 is 11.9 Å². The van der Waals surface area contributed by atoms with Crippen LogP contribution in [-0.4, -0.2) is 64.0 Å². The number of carbonyl (C=O) groups excluding carboxylic acids is 3. The van der Waals surface area contributed by atoms with E-state index in [9.17, 15) is 29.1 Å². The van der Waals surface area contributed by atoms with E-state index in [0.717, 1.165) is 0 Å². The van der Waals surface area contributed by atoms with Crippen molar-refractivity contribution in [3.05, 3.63) is 35.9 Å². The Morgan fingerprint density at radius 3 is 1.94 bits per heavy atom. The number of nitrogens with two attached hydrogens (primary N) is 1. The highest BCUT2D eigenvalue weighted by molar-refractivity contribution is 5.94. The lowest BCUT2D eigenvalue weighted by Gasteiger charge is -2.26. The van der Waals surface area contributed by atoms with Gasteiger partial charge in [0.15, 0.2) is 0 Å².